The van der Waals surface area contributed by atoms with Crippen LogP contribution in [0.2, 0.25) is 0 Å². The van der Waals surface area contributed by atoms with Crippen LogP contribution in [0.1, 0.15) is 40.8 Å². The van der Waals surface area contributed by atoms with E-state index in [9.17, 15) is 4.79 Å². The number of carbonyl (C=O) groups excluding carboxylic acids is 1. The highest BCUT2D eigenvalue weighted by Gasteiger charge is 2.35. The molecule has 9 heteroatoms. The molecule has 1 aliphatic carbocycles. The lowest BCUT2D eigenvalue weighted by Crippen LogP contribution is -2.44. The summed E-state index contributed by atoms with van der Waals surface area (Å²) in [6.45, 7) is -0.124. The molecule has 1 aliphatic rings. The first-order chi connectivity index (χ1) is 10.1. The minimum Gasteiger partial charge on any atom is -0.388 e. The van der Waals surface area contributed by atoms with Crippen molar-refractivity contribution in [3.05, 3.63) is 22.6 Å². The second-order valence-electron chi connectivity index (χ2n) is 5.14. The van der Waals surface area contributed by atoms with Crippen LogP contribution in [-0.2, 0) is 13.7 Å². The first kappa shape index (κ1) is 14.0. The number of nitrogens with one attached hydrogen (secondary N) is 1. The lowest BCUT2D eigenvalue weighted by Gasteiger charge is -2.34. The third-order valence-electron chi connectivity index (χ3n) is 3.82. The fourth-order valence-corrected chi connectivity index (χ4v) is 3.09. The van der Waals surface area contributed by atoms with Crippen molar-refractivity contribution in [3.8, 4) is 0 Å². The number of nitrogen functional groups attached to an aromatic ring is 1. The van der Waals surface area contributed by atoms with Gasteiger partial charge in [0.15, 0.2) is 5.82 Å². The maximum absolute atomic E-state index is 12.0. The Morgan fingerprint density at radius 3 is 2.90 bits per heavy atom. The van der Waals surface area contributed by atoms with Crippen molar-refractivity contribution < 1.29 is 9.90 Å². The molecule has 0 aromatic carbocycles. The van der Waals surface area contributed by atoms with E-state index >= 15 is 0 Å². The Morgan fingerprint density at radius 2 is 2.33 bits per heavy atom. The predicted octanol–water partition coefficient (Wildman–Crippen LogP) is 0.0221. The summed E-state index contributed by atoms with van der Waals surface area (Å²) in [4.78, 5) is 12.0. The van der Waals surface area contributed by atoms with Crippen LogP contribution in [0.4, 0.5) is 5.82 Å². The molecule has 2 heterocycles. The molecule has 112 valence electrons. The molecule has 1 fully saturated rings. The van der Waals surface area contributed by atoms with Gasteiger partial charge in [-0.15, -0.1) is 10.2 Å². The Balaban J connectivity index is 1.57. The summed E-state index contributed by atoms with van der Waals surface area (Å²) >= 11 is 1.17. The second-order valence-corrected chi connectivity index (χ2v) is 5.77. The molecule has 21 heavy (non-hydrogen) atoms. The molecule has 0 atom stereocenters. The van der Waals surface area contributed by atoms with Crippen molar-refractivity contribution >= 4 is 23.3 Å². The van der Waals surface area contributed by atoms with Crippen molar-refractivity contribution in [2.24, 2.45) is 7.05 Å². The van der Waals surface area contributed by atoms with E-state index in [1.54, 1.807) is 5.38 Å². The normalized spacial score (nSPS) is 21.0. The first-order valence-corrected chi connectivity index (χ1v) is 7.43. The molecule has 1 amide bonds. The van der Waals surface area contributed by atoms with Gasteiger partial charge in [0.2, 0.25) is 0 Å². The van der Waals surface area contributed by atoms with E-state index in [1.807, 2.05) is 11.6 Å². The third-order valence-corrected chi connectivity index (χ3v) is 4.46. The molecule has 0 bridgehead atoms. The molecule has 0 unspecified atom stereocenters. The summed E-state index contributed by atoms with van der Waals surface area (Å²) in [6.07, 6.45) is 1.61. The predicted molar refractivity (Wildman–Crippen MR) is 76.7 cm³/mol. The van der Waals surface area contributed by atoms with Crippen LogP contribution in [0.5, 0.6) is 0 Å². The number of aromatic nitrogens is 4. The van der Waals surface area contributed by atoms with Gasteiger partial charge in [-0.1, -0.05) is 0 Å². The second kappa shape index (κ2) is 5.41. The number of aliphatic hydroxyl groups is 1. The number of nitrogens with zero attached hydrogens (tertiary/aromatic N) is 4. The van der Waals surface area contributed by atoms with Gasteiger partial charge in [-0.2, -0.15) is 4.37 Å². The summed E-state index contributed by atoms with van der Waals surface area (Å²) in [6, 6.07) is 0.107. The number of carbonyl (C=O) groups is 1. The molecule has 0 spiro atoms. The fraction of sp³-hybridized carbons (Fsp3) is 0.500. The molecule has 4 N–H and O–H groups in total. The van der Waals surface area contributed by atoms with Crippen LogP contribution in [-0.4, -0.2) is 36.2 Å². The summed E-state index contributed by atoms with van der Waals surface area (Å²) in [5.41, 5.74) is 6.06. The van der Waals surface area contributed by atoms with E-state index in [2.05, 4.69) is 19.9 Å². The first-order valence-electron chi connectivity index (χ1n) is 6.60. The maximum Gasteiger partial charge on any atom is 0.256 e. The fourth-order valence-electron chi connectivity index (χ4n) is 2.49. The highest BCUT2D eigenvalue weighted by Crippen LogP contribution is 2.36. The largest absolute Gasteiger partial charge is 0.388 e. The molecule has 0 aliphatic heterocycles. The molecule has 8 nitrogen and oxygen atoms in total. The van der Waals surface area contributed by atoms with Gasteiger partial charge in [0.05, 0.1) is 5.56 Å². The Labute approximate surface area is 125 Å². The topological polar surface area (TPSA) is 119 Å². The lowest BCUT2D eigenvalue weighted by molar-refractivity contribution is 0.0908. The molecule has 0 radical (unpaired) electrons. The number of hydrogen-bond acceptors (Lipinski definition) is 7. The standard InChI is InChI=1S/C12H16N6O2S/c1-18-9(4-19)15-16-11(18)6-2-7(3-6)14-12(20)8-5-21-17-10(8)13/h5-7,19H,2-4H2,1H3,(H2,13,17)(H,14,20). The van der Waals surface area contributed by atoms with Crippen LogP contribution >= 0.6 is 11.5 Å². The number of amides is 1. The number of hydrogen-bond donors (Lipinski definition) is 3. The Bertz CT molecular complexity index is 661. The number of rotatable bonds is 4. The summed E-state index contributed by atoms with van der Waals surface area (Å²) in [7, 11) is 1.84. The highest BCUT2D eigenvalue weighted by atomic mass is 32.1. The number of nitrogens with two attached hydrogens (primary N) is 1. The van der Waals surface area contributed by atoms with Gasteiger partial charge in [-0.05, 0) is 24.4 Å². The minimum absolute atomic E-state index is 0.107. The van der Waals surface area contributed by atoms with Crippen LogP contribution < -0.4 is 11.1 Å². The van der Waals surface area contributed by atoms with Gasteiger partial charge >= 0.3 is 0 Å². The SMILES string of the molecule is Cn1c(CO)nnc1C1CC(NC(=O)c2csnc2N)C1. The van der Waals surface area contributed by atoms with Crippen LogP contribution in [0.3, 0.4) is 0 Å². The van der Waals surface area contributed by atoms with Crippen molar-refractivity contribution in [1.82, 2.24) is 24.5 Å². The molecule has 0 saturated heterocycles. The zero-order valence-electron chi connectivity index (χ0n) is 11.5. The van der Waals surface area contributed by atoms with E-state index in [0.717, 1.165) is 18.7 Å². The van der Waals surface area contributed by atoms with Crippen LogP contribution in [0, 0.1) is 0 Å². The summed E-state index contributed by atoms with van der Waals surface area (Å²) in [5.74, 6) is 1.75. The van der Waals surface area contributed by atoms with E-state index in [4.69, 9.17) is 10.8 Å². The van der Waals surface area contributed by atoms with Gasteiger partial charge in [0.25, 0.3) is 5.91 Å². The lowest BCUT2D eigenvalue weighted by atomic mass is 9.79. The van der Waals surface area contributed by atoms with Crippen molar-refractivity contribution in [1.29, 1.82) is 0 Å². The molecular weight excluding hydrogens is 292 g/mol. The van der Waals surface area contributed by atoms with Crippen LogP contribution in [0.25, 0.3) is 0 Å². The van der Waals surface area contributed by atoms with Crippen LogP contribution in [0.15, 0.2) is 5.38 Å². The van der Waals surface area contributed by atoms with Crippen molar-refractivity contribution in [3.63, 3.8) is 0 Å². The average molecular weight is 308 g/mol. The van der Waals surface area contributed by atoms with Gasteiger partial charge in [-0.3, -0.25) is 4.79 Å². The third kappa shape index (κ3) is 2.49. The number of anilines is 1. The van der Waals surface area contributed by atoms with Gasteiger partial charge in [0, 0.05) is 24.4 Å². The zero-order valence-corrected chi connectivity index (χ0v) is 12.3. The minimum atomic E-state index is -0.182. The number of aliphatic hydroxyl groups excluding tert-OH is 1. The Kier molecular flexibility index (Phi) is 3.60. The Hall–Kier alpha value is -2.00. The Morgan fingerprint density at radius 1 is 1.57 bits per heavy atom. The van der Waals surface area contributed by atoms with E-state index in [0.29, 0.717) is 11.4 Å². The van der Waals surface area contributed by atoms with E-state index in [1.165, 1.54) is 11.5 Å². The van der Waals surface area contributed by atoms with E-state index in [-0.39, 0.29) is 30.3 Å². The van der Waals surface area contributed by atoms with E-state index < -0.39 is 0 Å². The van der Waals surface area contributed by atoms with Gasteiger partial charge in [0.1, 0.15) is 18.2 Å². The van der Waals surface area contributed by atoms with Crippen molar-refractivity contribution in [2.75, 3.05) is 5.73 Å². The maximum atomic E-state index is 12.0. The summed E-state index contributed by atoms with van der Waals surface area (Å²) < 4.78 is 5.70. The average Bonchev–Trinajstić information content (AvgIpc) is 2.99. The molecule has 1 saturated carbocycles. The smallest absolute Gasteiger partial charge is 0.256 e. The zero-order chi connectivity index (χ0) is 15.0. The molecular formula is C12H16N6O2S. The molecule has 3 rings (SSSR count). The quantitative estimate of drug-likeness (QED) is 0.732. The summed E-state index contributed by atoms with van der Waals surface area (Å²) in [5, 5.41) is 21.7. The van der Waals surface area contributed by atoms with Gasteiger partial charge in [-0.25, -0.2) is 0 Å². The monoisotopic (exact) mass is 308 g/mol. The van der Waals surface area contributed by atoms with Crippen molar-refractivity contribution in [2.45, 2.75) is 31.4 Å². The highest BCUT2D eigenvalue weighted by molar-refractivity contribution is 7.04. The molecule has 2 aromatic rings. The van der Waals surface area contributed by atoms with Gasteiger partial charge < -0.3 is 20.7 Å². The molecule has 2 aromatic heterocycles.